The highest BCUT2D eigenvalue weighted by Crippen LogP contribution is 2.28. The van der Waals surface area contributed by atoms with Crippen molar-refractivity contribution >= 4 is 29.0 Å². The fourth-order valence-corrected chi connectivity index (χ4v) is 4.22. The summed E-state index contributed by atoms with van der Waals surface area (Å²) >= 11 is 1.73. The Balaban J connectivity index is 1.56. The van der Waals surface area contributed by atoms with E-state index in [1.807, 2.05) is 20.8 Å². The van der Waals surface area contributed by atoms with Crippen molar-refractivity contribution in [3.8, 4) is 0 Å². The van der Waals surface area contributed by atoms with Gasteiger partial charge in [0.05, 0.1) is 6.04 Å². The van der Waals surface area contributed by atoms with Crippen molar-refractivity contribution in [2.75, 3.05) is 25.0 Å². The molecule has 0 radical (unpaired) electrons. The standard InChI is InChI=1S/C22H29N3O3S/c1-22(2,3)28-21(27)24-17-10-8-16(9-11-17)20(26)23-15-18(19-7-6-14-29-19)25-12-4-5-13-25/h6-11,14,18H,4-5,12-13,15H2,1-3H3,(H,23,26)(H,24,27)/t18-/m0/s1. The maximum Gasteiger partial charge on any atom is 0.412 e. The first-order valence-electron chi connectivity index (χ1n) is 9.97. The van der Waals surface area contributed by atoms with Gasteiger partial charge in [-0.1, -0.05) is 6.07 Å². The predicted molar refractivity (Wildman–Crippen MR) is 116 cm³/mol. The highest BCUT2D eigenvalue weighted by atomic mass is 32.1. The molecule has 0 saturated carbocycles. The van der Waals surface area contributed by atoms with Gasteiger partial charge in [0.15, 0.2) is 0 Å². The lowest BCUT2D eigenvalue weighted by molar-refractivity contribution is 0.0635. The minimum atomic E-state index is -0.557. The quantitative estimate of drug-likeness (QED) is 0.720. The number of thiophene rings is 1. The van der Waals surface area contributed by atoms with Gasteiger partial charge in [-0.05, 0) is 82.4 Å². The molecular formula is C22H29N3O3S. The number of nitrogens with one attached hydrogen (secondary N) is 2. The van der Waals surface area contributed by atoms with Crippen LogP contribution >= 0.6 is 11.3 Å². The van der Waals surface area contributed by atoms with Crippen LogP contribution in [0.1, 0.15) is 54.9 Å². The van der Waals surface area contributed by atoms with Gasteiger partial charge >= 0.3 is 6.09 Å². The van der Waals surface area contributed by atoms with Gasteiger partial charge in [0, 0.05) is 22.7 Å². The van der Waals surface area contributed by atoms with Crippen LogP contribution in [0, 0.1) is 0 Å². The smallest absolute Gasteiger partial charge is 0.412 e. The van der Waals surface area contributed by atoms with Gasteiger partial charge in [0.1, 0.15) is 5.60 Å². The van der Waals surface area contributed by atoms with Crippen LogP contribution in [-0.2, 0) is 4.74 Å². The largest absolute Gasteiger partial charge is 0.444 e. The molecule has 1 fully saturated rings. The first-order chi connectivity index (χ1) is 13.8. The highest BCUT2D eigenvalue weighted by molar-refractivity contribution is 7.10. The molecule has 0 bridgehead atoms. The average molecular weight is 416 g/mol. The third-order valence-electron chi connectivity index (χ3n) is 4.70. The number of rotatable bonds is 6. The summed E-state index contributed by atoms with van der Waals surface area (Å²) < 4.78 is 5.24. The van der Waals surface area contributed by atoms with E-state index in [9.17, 15) is 9.59 Å². The second kappa shape index (κ2) is 9.41. The van der Waals surface area contributed by atoms with Gasteiger partial charge < -0.3 is 10.1 Å². The maximum atomic E-state index is 12.6. The van der Waals surface area contributed by atoms with Crippen LogP contribution in [0.5, 0.6) is 0 Å². The summed E-state index contributed by atoms with van der Waals surface area (Å²) in [6.07, 6.45) is 1.91. The second-order valence-electron chi connectivity index (χ2n) is 8.19. The van der Waals surface area contributed by atoms with Gasteiger partial charge in [-0.25, -0.2) is 4.79 Å². The van der Waals surface area contributed by atoms with Crippen LogP contribution in [-0.4, -0.2) is 42.1 Å². The number of carbonyl (C=O) groups excluding carboxylic acids is 2. The average Bonchev–Trinajstić information content (AvgIpc) is 3.35. The van der Waals surface area contributed by atoms with Crippen molar-refractivity contribution in [2.24, 2.45) is 0 Å². The molecule has 2 heterocycles. The molecule has 156 valence electrons. The summed E-state index contributed by atoms with van der Waals surface area (Å²) in [5, 5.41) is 7.82. The topological polar surface area (TPSA) is 70.7 Å². The van der Waals surface area contributed by atoms with Gasteiger partial charge in [0.2, 0.25) is 0 Å². The number of carbonyl (C=O) groups is 2. The summed E-state index contributed by atoms with van der Waals surface area (Å²) in [7, 11) is 0. The van der Waals surface area contributed by atoms with E-state index in [4.69, 9.17) is 4.74 Å². The van der Waals surface area contributed by atoms with Crippen molar-refractivity contribution < 1.29 is 14.3 Å². The number of hydrogen-bond acceptors (Lipinski definition) is 5. The summed E-state index contributed by atoms with van der Waals surface area (Å²) in [4.78, 5) is 28.2. The maximum absolute atomic E-state index is 12.6. The zero-order valence-electron chi connectivity index (χ0n) is 17.2. The van der Waals surface area contributed by atoms with Crippen LogP contribution in [0.3, 0.4) is 0 Å². The third-order valence-corrected chi connectivity index (χ3v) is 5.67. The molecule has 6 nitrogen and oxygen atoms in total. The summed E-state index contributed by atoms with van der Waals surface area (Å²) in [6, 6.07) is 11.2. The van der Waals surface area contributed by atoms with E-state index in [0.29, 0.717) is 17.8 Å². The van der Waals surface area contributed by atoms with Crippen molar-refractivity contribution in [1.29, 1.82) is 0 Å². The lowest BCUT2D eigenvalue weighted by atomic mass is 10.1. The number of likely N-dealkylation sites (tertiary alicyclic amines) is 1. The zero-order chi connectivity index (χ0) is 20.9. The Morgan fingerprint density at radius 1 is 1.14 bits per heavy atom. The lowest BCUT2D eigenvalue weighted by Crippen LogP contribution is -2.36. The molecule has 1 aromatic carbocycles. The van der Waals surface area contributed by atoms with E-state index in [1.165, 1.54) is 17.7 Å². The van der Waals surface area contributed by atoms with Gasteiger partial charge in [-0.2, -0.15) is 0 Å². The van der Waals surface area contributed by atoms with E-state index in [2.05, 4.69) is 33.0 Å². The first kappa shape index (κ1) is 21.3. The molecule has 0 unspecified atom stereocenters. The summed E-state index contributed by atoms with van der Waals surface area (Å²) in [5.74, 6) is -0.116. The Morgan fingerprint density at radius 3 is 2.41 bits per heavy atom. The molecule has 1 aliphatic heterocycles. The Hall–Kier alpha value is -2.38. The molecule has 1 aromatic heterocycles. The van der Waals surface area contributed by atoms with Gasteiger partial charge in [-0.3, -0.25) is 15.0 Å². The molecule has 3 rings (SSSR count). The van der Waals surface area contributed by atoms with E-state index >= 15 is 0 Å². The predicted octanol–water partition coefficient (Wildman–Crippen LogP) is 4.66. The van der Waals surface area contributed by atoms with Crippen LogP contribution in [0.2, 0.25) is 0 Å². The Kier molecular flexibility index (Phi) is 6.92. The van der Waals surface area contributed by atoms with E-state index < -0.39 is 11.7 Å². The monoisotopic (exact) mass is 415 g/mol. The summed E-state index contributed by atoms with van der Waals surface area (Å²) in [5.41, 5.74) is 0.591. The first-order valence-corrected chi connectivity index (χ1v) is 10.9. The molecule has 29 heavy (non-hydrogen) atoms. The van der Waals surface area contributed by atoms with Crippen LogP contribution in [0.25, 0.3) is 0 Å². The lowest BCUT2D eigenvalue weighted by Gasteiger charge is -2.27. The van der Waals surface area contributed by atoms with Crippen molar-refractivity contribution in [3.05, 3.63) is 52.2 Å². The fraction of sp³-hybridized carbons (Fsp3) is 0.455. The van der Waals surface area contributed by atoms with Gasteiger partial charge in [0.25, 0.3) is 5.91 Å². The minimum Gasteiger partial charge on any atom is -0.444 e. The van der Waals surface area contributed by atoms with Crippen LogP contribution in [0.4, 0.5) is 10.5 Å². The second-order valence-corrected chi connectivity index (χ2v) is 9.17. The number of hydrogen-bond donors (Lipinski definition) is 2. The molecule has 7 heteroatoms. The van der Waals surface area contributed by atoms with Crippen molar-refractivity contribution in [1.82, 2.24) is 10.2 Å². The van der Waals surface area contributed by atoms with Crippen LogP contribution in [0.15, 0.2) is 41.8 Å². The number of ether oxygens (including phenoxy) is 1. The number of amides is 2. The fourth-order valence-electron chi connectivity index (χ4n) is 3.36. The van der Waals surface area contributed by atoms with Crippen LogP contribution < -0.4 is 10.6 Å². The molecule has 2 amide bonds. The molecular weight excluding hydrogens is 386 g/mol. The Bertz CT molecular complexity index is 807. The molecule has 0 aliphatic carbocycles. The van der Waals surface area contributed by atoms with E-state index in [-0.39, 0.29) is 11.9 Å². The number of nitrogens with zero attached hydrogens (tertiary/aromatic N) is 1. The minimum absolute atomic E-state index is 0.116. The van der Waals surface area contributed by atoms with Crippen molar-refractivity contribution in [2.45, 2.75) is 45.3 Å². The Labute approximate surface area is 176 Å². The molecule has 1 aliphatic rings. The SMILES string of the molecule is CC(C)(C)OC(=O)Nc1ccc(C(=O)NC[C@@H](c2cccs2)N2CCCC2)cc1. The summed E-state index contributed by atoms with van der Waals surface area (Å²) in [6.45, 7) is 8.16. The highest BCUT2D eigenvalue weighted by Gasteiger charge is 2.24. The molecule has 1 saturated heterocycles. The number of benzene rings is 1. The molecule has 2 N–H and O–H groups in total. The van der Waals surface area contributed by atoms with Gasteiger partial charge in [-0.15, -0.1) is 11.3 Å². The van der Waals surface area contributed by atoms with Crippen molar-refractivity contribution in [3.63, 3.8) is 0 Å². The molecule has 0 spiro atoms. The third kappa shape index (κ3) is 6.30. The Morgan fingerprint density at radius 2 is 1.83 bits per heavy atom. The molecule has 2 aromatic rings. The normalized spacial score (nSPS) is 15.7. The zero-order valence-corrected chi connectivity index (χ0v) is 18.1. The number of anilines is 1. The molecule has 1 atom stereocenters. The van der Waals surface area contributed by atoms with E-state index in [0.717, 1.165) is 13.1 Å². The van der Waals surface area contributed by atoms with E-state index in [1.54, 1.807) is 35.6 Å².